The fourth-order valence-corrected chi connectivity index (χ4v) is 4.23. The van der Waals surface area contributed by atoms with E-state index in [1.165, 1.54) is 4.90 Å². The highest BCUT2D eigenvalue weighted by Gasteiger charge is 2.15. The first kappa shape index (κ1) is 24.2. The Balaban J connectivity index is 0.00000155. The Bertz CT molecular complexity index is 1090. The zero-order valence-corrected chi connectivity index (χ0v) is 20.6. The van der Waals surface area contributed by atoms with E-state index >= 15 is 0 Å². The van der Waals surface area contributed by atoms with Crippen LogP contribution in [-0.4, -0.2) is 19.3 Å². The molecule has 0 spiro atoms. The van der Waals surface area contributed by atoms with Gasteiger partial charge in [-0.05, 0) is 50.6 Å². The smallest absolute Gasteiger partial charge is 0.271 e. The molecule has 0 radical (unpaired) electrons. The van der Waals surface area contributed by atoms with Gasteiger partial charge in [-0.3, -0.25) is 9.36 Å². The first-order chi connectivity index (χ1) is 14.0. The van der Waals surface area contributed by atoms with Crippen LogP contribution in [0.4, 0.5) is 11.6 Å². The van der Waals surface area contributed by atoms with Gasteiger partial charge in [-0.25, -0.2) is 4.98 Å². The number of hydrogen-bond donors (Lipinski definition) is 1. The quantitative estimate of drug-likeness (QED) is 0.437. The van der Waals surface area contributed by atoms with Crippen molar-refractivity contribution in [1.29, 1.82) is 0 Å². The molecule has 3 rings (SSSR count). The summed E-state index contributed by atoms with van der Waals surface area (Å²) in [6, 6.07) is 7.84. The van der Waals surface area contributed by atoms with E-state index in [9.17, 15) is 4.79 Å². The van der Waals surface area contributed by atoms with Crippen molar-refractivity contribution in [2.45, 2.75) is 71.1 Å². The second-order valence-electron chi connectivity index (χ2n) is 8.05. The summed E-state index contributed by atoms with van der Waals surface area (Å²) >= 11 is 7.91. The van der Waals surface area contributed by atoms with Gasteiger partial charge in [0, 0.05) is 33.0 Å². The molecule has 162 valence electrons. The number of hydrogen-bond acceptors (Lipinski definition) is 5. The van der Waals surface area contributed by atoms with Crippen molar-refractivity contribution < 1.29 is 0 Å². The van der Waals surface area contributed by atoms with Gasteiger partial charge in [-0.1, -0.05) is 46.2 Å². The lowest BCUT2D eigenvalue weighted by Crippen LogP contribution is -2.23. The molecule has 0 fully saturated rings. The summed E-state index contributed by atoms with van der Waals surface area (Å²) in [5.41, 5.74) is 2.37. The summed E-state index contributed by atoms with van der Waals surface area (Å²) < 4.78 is 1.76. The summed E-state index contributed by atoms with van der Waals surface area (Å²) in [6.07, 6.45) is 1.69. The minimum Gasteiger partial charge on any atom is -0.324 e. The number of fused-ring (bicyclic) bond motifs is 1. The average molecular weight is 447 g/mol. The van der Waals surface area contributed by atoms with Crippen LogP contribution in [0.25, 0.3) is 11.0 Å². The van der Waals surface area contributed by atoms with Crippen molar-refractivity contribution in [3.05, 3.63) is 51.4 Å². The highest BCUT2D eigenvalue weighted by atomic mass is 35.5. The summed E-state index contributed by atoms with van der Waals surface area (Å²) in [4.78, 5) is 22.7. The summed E-state index contributed by atoms with van der Waals surface area (Å²) in [5.74, 6) is 0.447. The number of halogens is 1. The minimum absolute atomic E-state index is 0.0631. The zero-order chi connectivity index (χ0) is 22.6. The van der Waals surface area contributed by atoms with Crippen molar-refractivity contribution in [2.75, 3.05) is 5.32 Å². The van der Waals surface area contributed by atoms with E-state index in [-0.39, 0.29) is 21.4 Å². The molecular weight excluding hydrogens is 416 g/mol. The predicted octanol–water partition coefficient (Wildman–Crippen LogP) is 6.99. The number of nitrogens with zero attached hydrogens (tertiary/aromatic N) is 3. The van der Waals surface area contributed by atoms with Crippen molar-refractivity contribution in [1.82, 2.24) is 14.5 Å². The van der Waals surface area contributed by atoms with Crippen LogP contribution in [0.15, 0.2) is 40.2 Å². The third kappa shape index (κ3) is 5.76. The molecule has 1 N–H and O–H groups in total. The largest absolute Gasteiger partial charge is 0.324 e. The lowest BCUT2D eigenvalue weighted by molar-refractivity contribution is 0.595. The number of benzene rings is 1. The van der Waals surface area contributed by atoms with E-state index in [1.54, 1.807) is 16.8 Å². The molecule has 2 heterocycles. The lowest BCUT2D eigenvalue weighted by Gasteiger charge is -2.19. The van der Waals surface area contributed by atoms with E-state index < -0.39 is 0 Å². The minimum atomic E-state index is -0.242. The second kappa shape index (κ2) is 9.84. The Kier molecular flexibility index (Phi) is 7.94. The SMILES string of the molecule is CC.Cc1cc(SC(C)(C)C)ccc1Nc1ncc2cc(Cl)c(=O)n(C(C)C)c2n1. The van der Waals surface area contributed by atoms with E-state index in [4.69, 9.17) is 11.6 Å². The summed E-state index contributed by atoms with van der Waals surface area (Å²) in [6.45, 7) is 16.5. The summed E-state index contributed by atoms with van der Waals surface area (Å²) in [7, 11) is 0. The van der Waals surface area contributed by atoms with Crippen LogP contribution >= 0.6 is 23.4 Å². The molecule has 0 bridgehead atoms. The molecule has 0 unspecified atom stereocenters. The Morgan fingerprint density at radius 2 is 1.83 bits per heavy atom. The van der Waals surface area contributed by atoms with Gasteiger partial charge >= 0.3 is 0 Å². The van der Waals surface area contributed by atoms with Crippen molar-refractivity contribution in [2.24, 2.45) is 0 Å². The molecule has 0 saturated heterocycles. The van der Waals surface area contributed by atoms with Crippen LogP contribution in [0, 0.1) is 6.92 Å². The molecule has 30 heavy (non-hydrogen) atoms. The van der Waals surface area contributed by atoms with Gasteiger partial charge < -0.3 is 5.32 Å². The topological polar surface area (TPSA) is 59.8 Å². The first-order valence-electron chi connectivity index (χ1n) is 10.2. The standard InChI is InChI=1S/C21H25ClN4OS.C2H6/c1-12(2)26-18-14(10-16(22)19(26)27)11-23-20(25-18)24-17-8-7-15(9-13(17)3)28-21(4,5)6;1-2/h7-12H,1-6H3,(H,23,24,25);1-2H3. The Hall–Kier alpha value is -2.05. The fraction of sp³-hybridized carbons (Fsp3) is 0.435. The highest BCUT2D eigenvalue weighted by Crippen LogP contribution is 2.34. The highest BCUT2D eigenvalue weighted by molar-refractivity contribution is 8.00. The van der Waals surface area contributed by atoms with Crippen LogP contribution in [0.2, 0.25) is 5.02 Å². The third-order valence-corrected chi connectivity index (χ3v) is 5.49. The average Bonchev–Trinajstić information content (AvgIpc) is 2.65. The first-order valence-corrected chi connectivity index (χ1v) is 11.4. The number of aromatic nitrogens is 3. The molecule has 5 nitrogen and oxygen atoms in total. The van der Waals surface area contributed by atoms with Crippen molar-refractivity contribution >= 4 is 46.0 Å². The maximum atomic E-state index is 12.4. The van der Waals surface area contributed by atoms with Crippen molar-refractivity contribution in [3.8, 4) is 0 Å². The van der Waals surface area contributed by atoms with Crippen LogP contribution < -0.4 is 10.9 Å². The molecule has 1 aromatic carbocycles. The van der Waals surface area contributed by atoms with E-state index in [1.807, 2.05) is 45.5 Å². The number of pyridine rings is 1. The molecule has 0 saturated carbocycles. The van der Waals surface area contributed by atoms with Gasteiger partial charge in [-0.15, -0.1) is 11.8 Å². The predicted molar refractivity (Wildman–Crippen MR) is 131 cm³/mol. The molecule has 0 aliphatic heterocycles. The van der Waals surface area contributed by atoms with Crippen LogP contribution in [-0.2, 0) is 0 Å². The van der Waals surface area contributed by atoms with Gasteiger partial charge in [0.15, 0.2) is 0 Å². The van der Waals surface area contributed by atoms with Gasteiger partial charge in [0.2, 0.25) is 5.95 Å². The Labute approximate surface area is 188 Å². The number of anilines is 2. The molecular formula is C23H31ClN4OS. The van der Waals surface area contributed by atoms with Crippen LogP contribution in [0.3, 0.4) is 0 Å². The normalized spacial score (nSPS) is 11.4. The van der Waals surface area contributed by atoms with Gasteiger partial charge in [-0.2, -0.15) is 4.98 Å². The molecule has 0 aliphatic carbocycles. The molecule has 2 aromatic heterocycles. The van der Waals surface area contributed by atoms with Gasteiger partial charge in [0.1, 0.15) is 10.7 Å². The second-order valence-corrected chi connectivity index (χ2v) is 10.4. The van der Waals surface area contributed by atoms with Crippen molar-refractivity contribution in [3.63, 3.8) is 0 Å². The monoisotopic (exact) mass is 446 g/mol. The summed E-state index contributed by atoms with van der Waals surface area (Å²) in [5, 5.41) is 4.18. The molecule has 7 heteroatoms. The lowest BCUT2D eigenvalue weighted by atomic mass is 10.2. The number of nitrogens with one attached hydrogen (secondary N) is 1. The number of thioether (sulfide) groups is 1. The van der Waals surface area contributed by atoms with E-state index in [2.05, 4.69) is 55.1 Å². The van der Waals surface area contributed by atoms with E-state index in [0.717, 1.165) is 16.6 Å². The molecule has 0 amide bonds. The molecule has 0 aliphatic rings. The fourth-order valence-electron chi connectivity index (χ4n) is 2.94. The van der Waals surface area contributed by atoms with Crippen LogP contribution in [0.5, 0.6) is 0 Å². The number of rotatable bonds is 4. The number of aryl methyl sites for hydroxylation is 1. The van der Waals surface area contributed by atoms with Gasteiger partial charge in [0.25, 0.3) is 5.56 Å². The van der Waals surface area contributed by atoms with E-state index in [0.29, 0.717) is 11.6 Å². The Morgan fingerprint density at radius 1 is 1.17 bits per heavy atom. The van der Waals surface area contributed by atoms with Crippen LogP contribution in [0.1, 0.15) is 60.1 Å². The maximum absolute atomic E-state index is 12.4. The zero-order valence-electron chi connectivity index (χ0n) is 19.0. The molecule has 3 aromatic rings. The van der Waals surface area contributed by atoms with Gasteiger partial charge in [0.05, 0.1) is 0 Å². The third-order valence-electron chi connectivity index (χ3n) is 4.11. The Morgan fingerprint density at radius 3 is 2.40 bits per heavy atom. The molecule has 0 atom stereocenters. The maximum Gasteiger partial charge on any atom is 0.271 e.